The Hall–Kier alpha value is -5.32. The van der Waals surface area contributed by atoms with Gasteiger partial charge in [-0.15, -0.1) is 0 Å². The minimum atomic E-state index is -0.656. The first kappa shape index (κ1) is 27.3. The van der Waals surface area contributed by atoms with E-state index in [0.717, 1.165) is 5.75 Å². The van der Waals surface area contributed by atoms with Crippen molar-refractivity contribution in [1.82, 2.24) is 19.1 Å². The highest BCUT2D eigenvalue weighted by Crippen LogP contribution is 2.28. The van der Waals surface area contributed by atoms with Crippen molar-refractivity contribution in [3.8, 4) is 28.6 Å². The van der Waals surface area contributed by atoms with Gasteiger partial charge < -0.3 is 19.9 Å². The number of amides is 1. The van der Waals surface area contributed by atoms with Crippen LogP contribution in [-0.4, -0.2) is 45.0 Å². The largest absolute Gasteiger partial charge is 0.497 e. The third-order valence-electron chi connectivity index (χ3n) is 6.18. The average Bonchev–Trinajstić information content (AvgIpc) is 3.25. The first-order valence-electron chi connectivity index (χ1n) is 12.8. The quantitative estimate of drug-likeness (QED) is 0.299. The molecule has 0 fully saturated rings. The Morgan fingerprint density at radius 3 is 2.15 bits per heavy atom. The van der Waals surface area contributed by atoms with E-state index in [1.165, 1.54) is 20.4 Å². The number of ether oxygens (including phenoxy) is 3. The predicted molar refractivity (Wildman–Crippen MR) is 157 cm³/mol. The van der Waals surface area contributed by atoms with E-state index >= 15 is 0 Å². The molecule has 0 radical (unpaired) electrons. The highest BCUT2D eigenvalue weighted by molar-refractivity contribution is 5.88. The second-order valence-corrected chi connectivity index (χ2v) is 10.2. The molecular formula is C30H30N6O5. The highest BCUT2D eigenvalue weighted by Gasteiger charge is 2.23. The smallest absolute Gasteiger partial charge is 0.414 e. The molecule has 0 aliphatic carbocycles. The number of methoxy groups -OCH3 is 1. The van der Waals surface area contributed by atoms with Crippen LogP contribution in [0.1, 0.15) is 20.8 Å². The Morgan fingerprint density at radius 1 is 0.878 bits per heavy atom. The number of carbonyl (C=O) groups excluding carboxylic acids is 1. The van der Waals surface area contributed by atoms with Gasteiger partial charge in [0, 0.05) is 12.7 Å². The first-order chi connectivity index (χ1) is 19.6. The Labute approximate surface area is 236 Å². The van der Waals surface area contributed by atoms with Crippen molar-refractivity contribution in [2.45, 2.75) is 26.4 Å². The zero-order valence-corrected chi connectivity index (χ0v) is 23.4. The Balaban J connectivity index is 1.53. The number of nitrogens with zero attached hydrogens (tertiary/aromatic N) is 5. The molecule has 5 rings (SSSR count). The molecule has 0 atom stereocenters. The number of nitrogen functional groups attached to an aromatic ring is 1. The SMILES string of the molecule is COc1ccc(Oc2ccc(-n3c(=O)n(-c4cccc(N(C)C(=O)OC(C)(C)C)c4)c4ncnc(N)c43)cc2)cc1. The molecule has 0 aliphatic heterocycles. The van der Waals surface area contributed by atoms with E-state index in [2.05, 4.69) is 9.97 Å². The van der Waals surface area contributed by atoms with Crippen LogP contribution in [0.4, 0.5) is 16.3 Å². The fraction of sp³-hybridized carbons (Fsp3) is 0.200. The second-order valence-electron chi connectivity index (χ2n) is 10.2. The number of imidazole rings is 1. The van der Waals surface area contributed by atoms with Crippen molar-refractivity contribution < 1.29 is 19.0 Å². The molecule has 0 aliphatic rings. The van der Waals surface area contributed by atoms with Crippen molar-refractivity contribution in [3.05, 3.63) is 89.6 Å². The molecule has 2 aromatic heterocycles. The van der Waals surface area contributed by atoms with Crippen LogP contribution in [-0.2, 0) is 4.74 Å². The minimum Gasteiger partial charge on any atom is -0.497 e. The molecule has 0 spiro atoms. The molecule has 0 saturated carbocycles. The number of hydrogen-bond acceptors (Lipinski definition) is 8. The summed E-state index contributed by atoms with van der Waals surface area (Å²) in [6.45, 7) is 5.39. The normalized spacial score (nSPS) is 11.3. The van der Waals surface area contributed by atoms with Crippen molar-refractivity contribution in [2.75, 3.05) is 24.8 Å². The lowest BCUT2D eigenvalue weighted by atomic mass is 10.2. The van der Waals surface area contributed by atoms with Crippen molar-refractivity contribution >= 4 is 28.8 Å². The molecule has 3 aromatic carbocycles. The molecule has 2 N–H and O–H groups in total. The monoisotopic (exact) mass is 554 g/mol. The number of benzene rings is 3. The van der Waals surface area contributed by atoms with Crippen molar-refractivity contribution in [2.24, 2.45) is 0 Å². The molecule has 2 heterocycles. The molecule has 0 saturated heterocycles. The molecule has 11 heteroatoms. The van der Waals surface area contributed by atoms with Crippen LogP contribution in [0.2, 0.25) is 0 Å². The van der Waals surface area contributed by atoms with E-state index in [0.29, 0.717) is 39.7 Å². The van der Waals surface area contributed by atoms with Crippen LogP contribution in [0.3, 0.4) is 0 Å². The van der Waals surface area contributed by atoms with Gasteiger partial charge in [0.1, 0.15) is 34.7 Å². The molecule has 1 amide bonds. The van der Waals surface area contributed by atoms with Crippen molar-refractivity contribution in [3.63, 3.8) is 0 Å². The summed E-state index contributed by atoms with van der Waals surface area (Å²) >= 11 is 0. The topological polar surface area (TPSA) is 127 Å². The molecule has 0 bridgehead atoms. The van der Waals surface area contributed by atoms with Gasteiger partial charge in [-0.1, -0.05) is 6.07 Å². The zero-order chi connectivity index (χ0) is 29.3. The number of aromatic nitrogens is 4. The van der Waals surface area contributed by atoms with Gasteiger partial charge in [0.05, 0.1) is 18.5 Å². The fourth-order valence-corrected chi connectivity index (χ4v) is 4.24. The third kappa shape index (κ3) is 5.55. The maximum absolute atomic E-state index is 13.9. The molecule has 210 valence electrons. The van der Waals surface area contributed by atoms with E-state index in [9.17, 15) is 9.59 Å². The van der Waals surface area contributed by atoms with Gasteiger partial charge in [-0.2, -0.15) is 0 Å². The molecule has 11 nitrogen and oxygen atoms in total. The molecule has 5 aromatic rings. The zero-order valence-electron chi connectivity index (χ0n) is 23.4. The van der Waals surface area contributed by atoms with Gasteiger partial charge in [0.15, 0.2) is 11.5 Å². The van der Waals surface area contributed by atoms with E-state index in [1.54, 1.807) is 108 Å². The van der Waals surface area contributed by atoms with Crippen LogP contribution in [0, 0.1) is 0 Å². The summed E-state index contributed by atoms with van der Waals surface area (Å²) in [5.74, 6) is 2.09. The lowest BCUT2D eigenvalue weighted by Crippen LogP contribution is -2.34. The maximum Gasteiger partial charge on any atom is 0.414 e. The number of anilines is 2. The Kier molecular flexibility index (Phi) is 7.10. The van der Waals surface area contributed by atoms with E-state index in [4.69, 9.17) is 19.9 Å². The minimum absolute atomic E-state index is 0.145. The summed E-state index contributed by atoms with van der Waals surface area (Å²) in [5.41, 5.74) is 7.43. The van der Waals surface area contributed by atoms with Gasteiger partial charge in [-0.25, -0.2) is 24.1 Å². The average molecular weight is 555 g/mol. The van der Waals surface area contributed by atoms with E-state index in [1.807, 2.05) is 0 Å². The third-order valence-corrected chi connectivity index (χ3v) is 6.18. The second kappa shape index (κ2) is 10.7. The number of nitrogens with two attached hydrogens (primary N) is 1. The summed E-state index contributed by atoms with van der Waals surface area (Å²) in [4.78, 5) is 36.5. The highest BCUT2D eigenvalue weighted by atomic mass is 16.6. The first-order valence-corrected chi connectivity index (χ1v) is 12.8. The summed E-state index contributed by atoms with van der Waals surface area (Å²) in [6, 6.07) is 21.2. The van der Waals surface area contributed by atoms with Gasteiger partial charge >= 0.3 is 11.8 Å². The maximum atomic E-state index is 13.9. The van der Waals surface area contributed by atoms with Crippen LogP contribution in [0.5, 0.6) is 17.2 Å². The number of fused-ring (bicyclic) bond motifs is 1. The number of hydrogen-bond donors (Lipinski definition) is 1. The Morgan fingerprint density at radius 2 is 1.51 bits per heavy atom. The summed E-state index contributed by atoms with van der Waals surface area (Å²) in [5, 5.41) is 0. The van der Waals surface area contributed by atoms with Gasteiger partial charge in [-0.05, 0) is 87.5 Å². The number of carbonyl (C=O) groups is 1. The molecule has 0 unspecified atom stereocenters. The van der Waals surface area contributed by atoms with Crippen LogP contribution in [0.15, 0.2) is 83.9 Å². The number of rotatable bonds is 6. The lowest BCUT2D eigenvalue weighted by molar-refractivity contribution is 0.0589. The van der Waals surface area contributed by atoms with E-state index < -0.39 is 17.4 Å². The molecular weight excluding hydrogens is 524 g/mol. The predicted octanol–water partition coefficient (Wildman–Crippen LogP) is 5.33. The summed E-state index contributed by atoms with van der Waals surface area (Å²) in [7, 11) is 3.21. The summed E-state index contributed by atoms with van der Waals surface area (Å²) in [6.07, 6.45) is 0.786. The lowest BCUT2D eigenvalue weighted by Gasteiger charge is -2.25. The summed E-state index contributed by atoms with van der Waals surface area (Å²) < 4.78 is 19.5. The van der Waals surface area contributed by atoms with Crippen LogP contribution >= 0.6 is 0 Å². The molecule has 41 heavy (non-hydrogen) atoms. The Bertz CT molecular complexity index is 1770. The van der Waals surface area contributed by atoms with Crippen LogP contribution in [0.25, 0.3) is 22.5 Å². The van der Waals surface area contributed by atoms with Gasteiger partial charge in [0.2, 0.25) is 0 Å². The van der Waals surface area contributed by atoms with Gasteiger partial charge in [-0.3, -0.25) is 9.47 Å². The van der Waals surface area contributed by atoms with Crippen LogP contribution < -0.4 is 25.8 Å². The fourth-order valence-electron chi connectivity index (χ4n) is 4.24. The van der Waals surface area contributed by atoms with Crippen molar-refractivity contribution in [1.29, 1.82) is 0 Å². The van der Waals surface area contributed by atoms with E-state index in [-0.39, 0.29) is 5.82 Å². The standard InChI is InChI=1S/C30H30N6O5/c1-30(2,3)41-29(38)34(4)20-7-6-8-21(17-20)36-27-25(26(31)32-18-33-27)35(28(36)37)19-9-11-23(12-10-19)40-24-15-13-22(39-5)14-16-24/h6-18H,1-5H3,(H2,31,32,33). The van der Waals surface area contributed by atoms with Gasteiger partial charge in [0.25, 0.3) is 0 Å².